The minimum Gasteiger partial charge on any atom is -0.389 e. The maximum atomic E-state index is 10.4. The van der Waals surface area contributed by atoms with E-state index in [0.29, 0.717) is 0 Å². The van der Waals surface area contributed by atoms with E-state index in [4.69, 9.17) is 0 Å². The summed E-state index contributed by atoms with van der Waals surface area (Å²) in [5, 5.41) is 10.4. The topological polar surface area (TPSA) is 20.2 Å². The average Bonchev–Trinajstić information content (AvgIpc) is 2.37. The van der Waals surface area contributed by atoms with Crippen molar-refractivity contribution < 1.29 is 5.11 Å². The molecule has 0 aliphatic heterocycles. The van der Waals surface area contributed by atoms with E-state index < -0.39 is 0 Å². The van der Waals surface area contributed by atoms with Gasteiger partial charge in [-0.2, -0.15) is 0 Å². The Hall–Kier alpha value is -1.08. The first-order valence-electron chi connectivity index (χ1n) is 7.69. The van der Waals surface area contributed by atoms with E-state index in [9.17, 15) is 5.11 Å². The van der Waals surface area contributed by atoms with Crippen LogP contribution in [0.15, 0.2) is 35.9 Å². The van der Waals surface area contributed by atoms with Crippen LogP contribution in [0.5, 0.6) is 0 Å². The second kappa shape index (κ2) is 7.49. The fourth-order valence-corrected chi connectivity index (χ4v) is 2.89. The molecule has 1 N–H and O–H groups in total. The second-order valence-electron chi connectivity index (χ2n) is 5.71. The predicted octanol–water partition coefficient (Wildman–Crippen LogP) is 4.57. The smallest absolute Gasteiger partial charge is 0.0753 e. The Labute approximate surface area is 117 Å². The van der Waals surface area contributed by atoms with Crippen LogP contribution in [0, 0.1) is 6.92 Å². The molecule has 0 fully saturated rings. The lowest BCUT2D eigenvalue weighted by molar-refractivity contribution is 0.194. The van der Waals surface area contributed by atoms with Crippen molar-refractivity contribution in [2.45, 2.75) is 64.4 Å². The maximum absolute atomic E-state index is 10.4. The zero-order chi connectivity index (χ0) is 13.5. The van der Waals surface area contributed by atoms with Crippen molar-refractivity contribution >= 4 is 0 Å². The molecule has 104 valence electrons. The van der Waals surface area contributed by atoms with Crippen LogP contribution in [0.2, 0.25) is 0 Å². The quantitative estimate of drug-likeness (QED) is 0.784. The molecule has 1 aromatic carbocycles. The predicted molar refractivity (Wildman–Crippen MR) is 81.3 cm³/mol. The van der Waals surface area contributed by atoms with Gasteiger partial charge in [-0.25, -0.2) is 0 Å². The molecule has 1 aromatic rings. The highest BCUT2D eigenvalue weighted by atomic mass is 16.3. The Morgan fingerprint density at radius 2 is 1.89 bits per heavy atom. The number of aliphatic hydroxyl groups is 1. The summed E-state index contributed by atoms with van der Waals surface area (Å²) in [4.78, 5) is 0. The first-order valence-corrected chi connectivity index (χ1v) is 7.69. The number of hydrogen-bond donors (Lipinski definition) is 1. The van der Waals surface area contributed by atoms with Gasteiger partial charge in [-0.05, 0) is 62.1 Å². The van der Waals surface area contributed by atoms with Crippen molar-refractivity contribution in [2.24, 2.45) is 0 Å². The molecule has 1 aliphatic rings. The molecule has 1 aliphatic carbocycles. The third kappa shape index (κ3) is 4.50. The van der Waals surface area contributed by atoms with E-state index >= 15 is 0 Å². The molecular formula is C18H26O. The maximum Gasteiger partial charge on any atom is 0.0753 e. The molecule has 0 saturated carbocycles. The van der Waals surface area contributed by atoms with Crippen LogP contribution >= 0.6 is 0 Å². The Morgan fingerprint density at radius 3 is 2.74 bits per heavy atom. The van der Waals surface area contributed by atoms with Crippen LogP contribution < -0.4 is 0 Å². The monoisotopic (exact) mass is 258 g/mol. The fourth-order valence-electron chi connectivity index (χ4n) is 2.89. The standard InChI is InChI=1S/C18H26O/c1-15-9-7-8-10-16(15)13-14-18(19)17-11-5-3-2-4-6-12-17/h7-11,18-19H,2-6,12-14H2,1H3/b17-11+. The number of rotatable bonds is 4. The van der Waals surface area contributed by atoms with Crippen LogP contribution in [-0.2, 0) is 6.42 Å². The van der Waals surface area contributed by atoms with Crippen LogP contribution in [0.4, 0.5) is 0 Å². The minimum atomic E-state index is -0.238. The largest absolute Gasteiger partial charge is 0.389 e. The van der Waals surface area contributed by atoms with Crippen molar-refractivity contribution in [1.29, 1.82) is 0 Å². The number of benzene rings is 1. The molecule has 0 heterocycles. The van der Waals surface area contributed by atoms with E-state index in [0.717, 1.165) is 25.7 Å². The fraction of sp³-hybridized carbons (Fsp3) is 0.556. The van der Waals surface area contributed by atoms with Gasteiger partial charge >= 0.3 is 0 Å². The van der Waals surface area contributed by atoms with Gasteiger partial charge in [-0.1, -0.05) is 43.2 Å². The molecule has 2 rings (SSSR count). The molecular weight excluding hydrogens is 232 g/mol. The van der Waals surface area contributed by atoms with E-state index in [2.05, 4.69) is 37.3 Å². The summed E-state index contributed by atoms with van der Waals surface area (Å²) in [6.45, 7) is 2.15. The molecule has 19 heavy (non-hydrogen) atoms. The average molecular weight is 258 g/mol. The zero-order valence-corrected chi connectivity index (χ0v) is 12.1. The zero-order valence-electron chi connectivity index (χ0n) is 12.1. The highest BCUT2D eigenvalue weighted by molar-refractivity contribution is 5.26. The molecule has 1 nitrogen and oxygen atoms in total. The summed E-state index contributed by atoms with van der Waals surface area (Å²) >= 11 is 0. The van der Waals surface area contributed by atoms with Crippen LogP contribution in [0.25, 0.3) is 0 Å². The first-order chi connectivity index (χ1) is 9.27. The molecule has 0 bridgehead atoms. The van der Waals surface area contributed by atoms with Crippen LogP contribution in [0.3, 0.4) is 0 Å². The lowest BCUT2D eigenvalue weighted by Gasteiger charge is -2.18. The third-order valence-electron chi connectivity index (χ3n) is 4.20. The minimum absolute atomic E-state index is 0.238. The van der Waals surface area contributed by atoms with Crippen LogP contribution in [-0.4, -0.2) is 11.2 Å². The van der Waals surface area contributed by atoms with Gasteiger partial charge in [0, 0.05) is 0 Å². The number of hydrogen-bond acceptors (Lipinski definition) is 1. The van der Waals surface area contributed by atoms with E-state index in [1.165, 1.54) is 42.4 Å². The Bertz CT molecular complexity index is 419. The second-order valence-corrected chi connectivity index (χ2v) is 5.71. The molecule has 1 unspecified atom stereocenters. The van der Waals surface area contributed by atoms with Gasteiger partial charge in [0.15, 0.2) is 0 Å². The van der Waals surface area contributed by atoms with E-state index in [1.807, 2.05) is 0 Å². The molecule has 0 aromatic heterocycles. The Balaban J connectivity index is 1.89. The number of aryl methyl sites for hydroxylation is 2. The van der Waals surface area contributed by atoms with Crippen LogP contribution in [0.1, 0.15) is 56.1 Å². The molecule has 1 atom stereocenters. The van der Waals surface area contributed by atoms with E-state index in [-0.39, 0.29) is 6.10 Å². The van der Waals surface area contributed by atoms with Crippen molar-refractivity contribution in [3.8, 4) is 0 Å². The van der Waals surface area contributed by atoms with Crippen molar-refractivity contribution in [3.05, 3.63) is 47.0 Å². The first kappa shape index (κ1) is 14.3. The Morgan fingerprint density at radius 1 is 1.11 bits per heavy atom. The van der Waals surface area contributed by atoms with Gasteiger partial charge in [0.2, 0.25) is 0 Å². The lowest BCUT2D eigenvalue weighted by atomic mass is 9.92. The Kier molecular flexibility index (Phi) is 5.65. The summed E-state index contributed by atoms with van der Waals surface area (Å²) in [5.41, 5.74) is 3.99. The molecule has 0 spiro atoms. The van der Waals surface area contributed by atoms with Gasteiger partial charge in [0.05, 0.1) is 6.10 Å². The summed E-state index contributed by atoms with van der Waals surface area (Å²) < 4.78 is 0. The van der Waals surface area contributed by atoms with Gasteiger partial charge in [0.1, 0.15) is 0 Å². The normalized spacial score (nSPS) is 21.1. The highest BCUT2D eigenvalue weighted by Crippen LogP contribution is 2.22. The number of aliphatic hydroxyl groups excluding tert-OH is 1. The summed E-state index contributed by atoms with van der Waals surface area (Å²) in [7, 11) is 0. The summed E-state index contributed by atoms with van der Waals surface area (Å²) in [6, 6.07) is 8.49. The van der Waals surface area contributed by atoms with E-state index in [1.54, 1.807) is 0 Å². The molecule has 0 amide bonds. The summed E-state index contributed by atoms with van der Waals surface area (Å²) in [5.74, 6) is 0. The van der Waals surface area contributed by atoms with Crippen molar-refractivity contribution in [1.82, 2.24) is 0 Å². The van der Waals surface area contributed by atoms with Gasteiger partial charge in [-0.3, -0.25) is 0 Å². The molecule has 0 saturated heterocycles. The summed E-state index contributed by atoms with van der Waals surface area (Å²) in [6.07, 6.45) is 11.3. The van der Waals surface area contributed by atoms with Gasteiger partial charge in [0.25, 0.3) is 0 Å². The number of allylic oxidation sites excluding steroid dienone is 1. The van der Waals surface area contributed by atoms with Gasteiger partial charge < -0.3 is 5.11 Å². The van der Waals surface area contributed by atoms with Gasteiger partial charge in [-0.15, -0.1) is 0 Å². The SMILES string of the molecule is Cc1ccccc1CCC(O)/C1=C/CCCCCC1. The van der Waals surface area contributed by atoms with Crippen molar-refractivity contribution in [2.75, 3.05) is 0 Å². The molecule has 0 radical (unpaired) electrons. The molecule has 1 heteroatoms. The van der Waals surface area contributed by atoms with Crippen molar-refractivity contribution in [3.63, 3.8) is 0 Å². The lowest BCUT2D eigenvalue weighted by Crippen LogP contribution is -2.13. The third-order valence-corrected chi connectivity index (χ3v) is 4.20. The highest BCUT2D eigenvalue weighted by Gasteiger charge is 2.12.